The van der Waals surface area contributed by atoms with Gasteiger partial charge in [0.05, 0.1) is 15.9 Å². The van der Waals surface area contributed by atoms with E-state index in [-0.39, 0.29) is 30.2 Å². The number of piperazine rings is 1. The topological polar surface area (TPSA) is 104 Å². The second kappa shape index (κ2) is 8.31. The molecule has 1 saturated heterocycles. The third-order valence-corrected chi connectivity index (χ3v) is 6.56. The summed E-state index contributed by atoms with van der Waals surface area (Å²) in [5.41, 5.74) is 0.185. The Hall–Kier alpha value is -2.40. The van der Waals surface area contributed by atoms with E-state index >= 15 is 0 Å². The number of halogens is 1. The molecule has 3 rings (SSSR count). The van der Waals surface area contributed by atoms with Gasteiger partial charge in [-0.15, -0.1) is 0 Å². The summed E-state index contributed by atoms with van der Waals surface area (Å²) in [6.45, 7) is 1.43. The van der Waals surface area contributed by atoms with E-state index in [1.807, 2.05) is 4.90 Å². The average Bonchev–Trinajstić information content (AvgIpc) is 2.68. The first-order chi connectivity index (χ1) is 13.3. The summed E-state index contributed by atoms with van der Waals surface area (Å²) in [6, 6.07) is 10.7. The first-order valence-corrected chi connectivity index (χ1v) is 10.1. The van der Waals surface area contributed by atoms with Crippen molar-refractivity contribution in [3.8, 4) is 0 Å². The number of hydrogen-bond acceptors (Lipinski definition) is 6. The van der Waals surface area contributed by atoms with Crippen LogP contribution in [0.5, 0.6) is 0 Å². The van der Waals surface area contributed by atoms with Gasteiger partial charge in [-0.1, -0.05) is 18.2 Å². The van der Waals surface area contributed by atoms with E-state index < -0.39 is 26.9 Å². The van der Waals surface area contributed by atoms with Gasteiger partial charge in [-0.25, -0.2) is 12.8 Å². The highest BCUT2D eigenvalue weighted by molar-refractivity contribution is 7.89. The predicted octanol–water partition coefficient (Wildman–Crippen LogP) is 1.77. The van der Waals surface area contributed by atoms with Crippen LogP contribution in [0, 0.1) is 15.9 Å². The van der Waals surface area contributed by atoms with Gasteiger partial charge in [0.25, 0.3) is 5.69 Å². The lowest BCUT2D eigenvalue weighted by atomic mass is 10.1. The molecule has 0 aromatic heterocycles. The molecule has 0 aliphatic carbocycles. The minimum Gasteiger partial charge on any atom is -0.387 e. The van der Waals surface area contributed by atoms with Crippen molar-refractivity contribution in [2.75, 3.05) is 32.7 Å². The number of aliphatic hydroxyl groups excluding tert-OH is 1. The quantitative estimate of drug-likeness (QED) is 0.576. The van der Waals surface area contributed by atoms with Crippen molar-refractivity contribution in [1.29, 1.82) is 0 Å². The number of non-ortho nitro benzene ring substituents is 1. The van der Waals surface area contributed by atoms with Crippen LogP contribution in [0.2, 0.25) is 0 Å². The Balaban J connectivity index is 1.63. The van der Waals surface area contributed by atoms with Crippen LogP contribution in [0.4, 0.5) is 10.1 Å². The van der Waals surface area contributed by atoms with E-state index in [1.165, 1.54) is 40.7 Å². The van der Waals surface area contributed by atoms with Gasteiger partial charge in [0.15, 0.2) is 0 Å². The molecule has 2 aromatic carbocycles. The number of sulfonamides is 1. The standard InChI is InChI=1S/C18H20FN3O5S/c19-15-4-1-3-14(11-15)18(23)13-20-7-9-21(10-8-20)28(26,27)17-6-2-5-16(12-17)22(24)25/h1-6,11-12,18,23H,7-10,13H2. The van der Waals surface area contributed by atoms with Gasteiger partial charge in [0.2, 0.25) is 10.0 Å². The molecular weight excluding hydrogens is 389 g/mol. The lowest BCUT2D eigenvalue weighted by molar-refractivity contribution is -0.385. The Morgan fingerprint density at radius 3 is 2.43 bits per heavy atom. The van der Waals surface area contributed by atoms with Gasteiger partial charge in [-0.3, -0.25) is 15.0 Å². The van der Waals surface area contributed by atoms with Gasteiger partial charge in [0.1, 0.15) is 5.82 Å². The summed E-state index contributed by atoms with van der Waals surface area (Å²) >= 11 is 0. The smallest absolute Gasteiger partial charge is 0.270 e. The third kappa shape index (κ3) is 4.53. The van der Waals surface area contributed by atoms with Gasteiger partial charge in [-0.05, 0) is 23.8 Å². The highest BCUT2D eigenvalue weighted by Gasteiger charge is 2.30. The number of nitro groups is 1. The maximum absolute atomic E-state index is 13.3. The first-order valence-electron chi connectivity index (χ1n) is 8.68. The van der Waals surface area contributed by atoms with Crippen molar-refractivity contribution < 1.29 is 22.8 Å². The Morgan fingerprint density at radius 2 is 1.79 bits per heavy atom. The molecule has 1 N–H and O–H groups in total. The number of benzene rings is 2. The van der Waals surface area contributed by atoms with Crippen LogP contribution in [0.15, 0.2) is 53.4 Å². The Bertz CT molecular complexity index is 961. The number of nitrogens with zero attached hydrogens (tertiary/aromatic N) is 3. The normalized spacial score (nSPS) is 17.4. The van der Waals surface area contributed by atoms with E-state index in [4.69, 9.17) is 0 Å². The van der Waals surface area contributed by atoms with Crippen molar-refractivity contribution in [2.24, 2.45) is 0 Å². The van der Waals surface area contributed by atoms with Gasteiger partial charge in [0, 0.05) is 44.9 Å². The zero-order valence-corrected chi connectivity index (χ0v) is 15.8. The summed E-state index contributed by atoms with van der Waals surface area (Å²) in [5.74, 6) is -0.426. The zero-order chi connectivity index (χ0) is 20.3. The molecule has 150 valence electrons. The first kappa shape index (κ1) is 20.3. The van der Waals surface area contributed by atoms with Crippen molar-refractivity contribution in [1.82, 2.24) is 9.21 Å². The van der Waals surface area contributed by atoms with Crippen LogP contribution in [-0.4, -0.2) is 60.4 Å². The molecule has 1 fully saturated rings. The van der Waals surface area contributed by atoms with Crippen LogP contribution < -0.4 is 0 Å². The highest BCUT2D eigenvalue weighted by Crippen LogP contribution is 2.23. The van der Waals surface area contributed by atoms with E-state index in [0.717, 1.165) is 6.07 Å². The van der Waals surface area contributed by atoms with Crippen LogP contribution in [0.3, 0.4) is 0 Å². The molecule has 1 heterocycles. The predicted molar refractivity (Wildman–Crippen MR) is 99.7 cm³/mol. The van der Waals surface area contributed by atoms with Gasteiger partial charge in [-0.2, -0.15) is 4.31 Å². The van der Waals surface area contributed by atoms with Crippen LogP contribution in [-0.2, 0) is 10.0 Å². The summed E-state index contributed by atoms with van der Waals surface area (Å²) in [6.07, 6.45) is -0.879. The Morgan fingerprint density at radius 1 is 1.11 bits per heavy atom. The molecule has 28 heavy (non-hydrogen) atoms. The molecule has 2 aromatic rings. The van der Waals surface area contributed by atoms with Crippen molar-refractivity contribution >= 4 is 15.7 Å². The largest absolute Gasteiger partial charge is 0.387 e. The molecular formula is C18H20FN3O5S. The second-order valence-electron chi connectivity index (χ2n) is 6.53. The van der Waals surface area contributed by atoms with Crippen LogP contribution in [0.1, 0.15) is 11.7 Å². The maximum atomic E-state index is 13.3. The lowest BCUT2D eigenvalue weighted by Gasteiger charge is -2.34. The molecule has 8 nitrogen and oxygen atoms in total. The molecule has 1 unspecified atom stereocenters. The van der Waals surface area contributed by atoms with E-state index in [0.29, 0.717) is 18.7 Å². The van der Waals surface area contributed by atoms with E-state index in [1.54, 1.807) is 6.07 Å². The molecule has 0 saturated carbocycles. The summed E-state index contributed by atoms with van der Waals surface area (Å²) in [5, 5.41) is 21.2. The summed E-state index contributed by atoms with van der Waals surface area (Å²) in [7, 11) is -3.84. The number of rotatable bonds is 6. The number of nitro benzene ring substituents is 1. The van der Waals surface area contributed by atoms with Gasteiger partial charge >= 0.3 is 0 Å². The SMILES string of the molecule is O=[N+]([O-])c1cccc(S(=O)(=O)N2CCN(CC(O)c3cccc(F)c3)CC2)c1. The highest BCUT2D eigenvalue weighted by atomic mass is 32.2. The molecule has 1 atom stereocenters. The fourth-order valence-corrected chi connectivity index (χ4v) is 4.59. The van der Waals surface area contributed by atoms with Crippen molar-refractivity contribution in [3.63, 3.8) is 0 Å². The molecule has 0 amide bonds. The molecule has 0 spiro atoms. The number of β-amino-alcohol motifs (C(OH)–C–C–N with tert-alkyl or cyclic N) is 1. The molecule has 1 aliphatic heterocycles. The fraction of sp³-hybridized carbons (Fsp3) is 0.333. The molecule has 0 radical (unpaired) electrons. The average molecular weight is 409 g/mol. The summed E-state index contributed by atoms with van der Waals surface area (Å²) < 4.78 is 40.1. The number of aliphatic hydroxyl groups is 1. The minimum absolute atomic E-state index is 0.116. The third-order valence-electron chi connectivity index (χ3n) is 4.66. The lowest BCUT2D eigenvalue weighted by Crippen LogP contribution is -2.49. The maximum Gasteiger partial charge on any atom is 0.270 e. The Kier molecular flexibility index (Phi) is 6.04. The van der Waals surface area contributed by atoms with Crippen LogP contribution in [0.25, 0.3) is 0 Å². The van der Waals surface area contributed by atoms with E-state index in [2.05, 4.69) is 0 Å². The fourth-order valence-electron chi connectivity index (χ4n) is 3.12. The molecule has 1 aliphatic rings. The van der Waals surface area contributed by atoms with Crippen LogP contribution >= 0.6 is 0 Å². The van der Waals surface area contributed by atoms with Crippen molar-refractivity contribution in [2.45, 2.75) is 11.0 Å². The number of hydrogen-bond donors (Lipinski definition) is 1. The summed E-state index contributed by atoms with van der Waals surface area (Å²) in [4.78, 5) is 12.0. The van der Waals surface area contributed by atoms with E-state index in [9.17, 15) is 28.0 Å². The molecule has 10 heteroatoms. The Labute approximate surface area is 162 Å². The second-order valence-corrected chi connectivity index (χ2v) is 8.47. The minimum atomic E-state index is -3.84. The molecule has 0 bridgehead atoms. The zero-order valence-electron chi connectivity index (χ0n) is 14.9. The van der Waals surface area contributed by atoms with Crippen molar-refractivity contribution in [3.05, 3.63) is 70.0 Å². The van der Waals surface area contributed by atoms with Gasteiger partial charge < -0.3 is 5.11 Å². The monoisotopic (exact) mass is 409 g/mol.